The fraction of sp³-hybridized carbons (Fsp3) is 0.250. The van der Waals surface area contributed by atoms with Gasteiger partial charge in [-0.3, -0.25) is 4.39 Å². The maximum absolute atomic E-state index is 12.4. The van der Waals surface area contributed by atoms with Gasteiger partial charge in [-0.05, 0) is 48.9 Å². The first-order valence-electron chi connectivity index (χ1n) is 6.33. The van der Waals surface area contributed by atoms with E-state index in [1.807, 2.05) is 0 Å². The summed E-state index contributed by atoms with van der Waals surface area (Å²) < 4.78 is 18.0. The molecule has 0 radical (unpaired) electrons. The average molecular weight is 295 g/mol. The number of alkyl halides is 1. The fourth-order valence-corrected chi connectivity index (χ4v) is 1.98. The minimum Gasteiger partial charge on any atom is -0.457 e. The first-order chi connectivity index (χ1) is 9.51. The van der Waals surface area contributed by atoms with Crippen LogP contribution in [0.5, 0.6) is 11.5 Å². The van der Waals surface area contributed by atoms with E-state index in [1.54, 1.807) is 55.5 Å². The number of hydrogen-bond donors (Lipinski definition) is 1. The molecule has 2 aromatic rings. The molecule has 4 heteroatoms. The third-order valence-electron chi connectivity index (χ3n) is 3.11. The molecule has 0 aliphatic rings. The summed E-state index contributed by atoms with van der Waals surface area (Å²) in [5.74, 6) is 1.32. The predicted molar refractivity (Wildman–Crippen MR) is 78.1 cm³/mol. The second-order valence-electron chi connectivity index (χ2n) is 4.79. The van der Waals surface area contributed by atoms with Crippen LogP contribution in [0.4, 0.5) is 4.39 Å². The summed E-state index contributed by atoms with van der Waals surface area (Å²) in [5.41, 5.74) is -0.494. The van der Waals surface area contributed by atoms with Gasteiger partial charge in [0.25, 0.3) is 0 Å². The highest BCUT2D eigenvalue weighted by molar-refractivity contribution is 6.30. The van der Waals surface area contributed by atoms with Crippen LogP contribution < -0.4 is 4.74 Å². The van der Waals surface area contributed by atoms with E-state index in [0.29, 0.717) is 22.1 Å². The molecule has 2 rings (SSSR count). The Kier molecular flexibility index (Phi) is 4.63. The van der Waals surface area contributed by atoms with Gasteiger partial charge in [0.1, 0.15) is 11.5 Å². The van der Waals surface area contributed by atoms with E-state index in [2.05, 4.69) is 0 Å². The minimum atomic E-state index is -1.16. The lowest BCUT2D eigenvalue weighted by Gasteiger charge is -2.22. The molecule has 1 unspecified atom stereocenters. The van der Waals surface area contributed by atoms with Gasteiger partial charge in [0.15, 0.2) is 0 Å². The normalized spacial score (nSPS) is 13.8. The van der Waals surface area contributed by atoms with Gasteiger partial charge >= 0.3 is 0 Å². The van der Waals surface area contributed by atoms with Gasteiger partial charge in [-0.25, -0.2) is 0 Å². The molecule has 0 aliphatic heterocycles. The molecule has 0 heterocycles. The summed E-state index contributed by atoms with van der Waals surface area (Å²) in [4.78, 5) is 0. The second-order valence-corrected chi connectivity index (χ2v) is 5.23. The lowest BCUT2D eigenvalue weighted by Crippen LogP contribution is -2.21. The lowest BCUT2D eigenvalue weighted by atomic mass is 9.93. The Labute approximate surface area is 122 Å². The van der Waals surface area contributed by atoms with Crippen LogP contribution in [-0.4, -0.2) is 11.8 Å². The van der Waals surface area contributed by atoms with Crippen molar-refractivity contribution in [1.29, 1.82) is 0 Å². The first-order valence-corrected chi connectivity index (χ1v) is 6.71. The molecule has 0 amide bonds. The van der Waals surface area contributed by atoms with Gasteiger partial charge < -0.3 is 9.84 Å². The number of halogens is 2. The lowest BCUT2D eigenvalue weighted by molar-refractivity contribution is 0.0408. The van der Waals surface area contributed by atoms with E-state index in [9.17, 15) is 9.50 Å². The summed E-state index contributed by atoms with van der Waals surface area (Å²) in [5, 5.41) is 10.7. The molecular weight excluding hydrogens is 279 g/mol. The monoisotopic (exact) mass is 294 g/mol. The van der Waals surface area contributed by atoms with E-state index in [1.165, 1.54) is 0 Å². The van der Waals surface area contributed by atoms with Crippen molar-refractivity contribution in [3.63, 3.8) is 0 Å². The minimum absolute atomic E-state index is 0.0738. The summed E-state index contributed by atoms with van der Waals surface area (Å²) >= 11 is 5.80. The van der Waals surface area contributed by atoms with Crippen molar-refractivity contribution in [2.75, 3.05) is 6.67 Å². The molecule has 106 valence electrons. The van der Waals surface area contributed by atoms with E-state index in [4.69, 9.17) is 16.3 Å². The highest BCUT2D eigenvalue weighted by atomic mass is 35.5. The van der Waals surface area contributed by atoms with Gasteiger partial charge in [-0.1, -0.05) is 23.7 Å². The zero-order chi connectivity index (χ0) is 14.6. The molecular formula is C16H16ClFO2. The van der Waals surface area contributed by atoms with Gasteiger partial charge in [0, 0.05) is 11.4 Å². The van der Waals surface area contributed by atoms with Crippen molar-refractivity contribution in [3.8, 4) is 11.5 Å². The van der Waals surface area contributed by atoms with E-state index in [-0.39, 0.29) is 6.42 Å². The van der Waals surface area contributed by atoms with E-state index >= 15 is 0 Å². The van der Waals surface area contributed by atoms with Gasteiger partial charge in [-0.2, -0.15) is 0 Å². The first kappa shape index (κ1) is 14.8. The molecule has 0 saturated carbocycles. The van der Waals surface area contributed by atoms with Crippen molar-refractivity contribution in [3.05, 3.63) is 59.1 Å². The Morgan fingerprint density at radius 3 is 2.05 bits per heavy atom. The van der Waals surface area contributed by atoms with E-state index in [0.717, 1.165) is 0 Å². The predicted octanol–water partition coefficient (Wildman–Crippen LogP) is 4.70. The highest BCUT2D eigenvalue weighted by Gasteiger charge is 2.22. The molecule has 2 nitrogen and oxygen atoms in total. The van der Waals surface area contributed by atoms with Crippen LogP contribution in [0.25, 0.3) is 0 Å². The van der Waals surface area contributed by atoms with Crippen LogP contribution in [-0.2, 0) is 5.60 Å². The summed E-state index contributed by atoms with van der Waals surface area (Å²) in [6, 6.07) is 14.0. The summed E-state index contributed by atoms with van der Waals surface area (Å²) in [6.45, 7) is 1.04. The van der Waals surface area contributed by atoms with Crippen molar-refractivity contribution in [2.24, 2.45) is 0 Å². The molecule has 1 atom stereocenters. The number of benzene rings is 2. The van der Waals surface area contributed by atoms with Crippen LogP contribution in [0, 0.1) is 0 Å². The number of ether oxygens (including phenoxy) is 1. The topological polar surface area (TPSA) is 29.5 Å². The smallest absolute Gasteiger partial charge is 0.127 e. The zero-order valence-electron chi connectivity index (χ0n) is 11.1. The molecule has 1 N–H and O–H groups in total. The van der Waals surface area contributed by atoms with Crippen LogP contribution >= 0.6 is 11.6 Å². The Morgan fingerprint density at radius 1 is 1.05 bits per heavy atom. The van der Waals surface area contributed by atoms with Crippen LogP contribution in [0.15, 0.2) is 48.5 Å². The van der Waals surface area contributed by atoms with Crippen LogP contribution in [0.1, 0.15) is 18.9 Å². The summed E-state index contributed by atoms with van der Waals surface area (Å²) in [7, 11) is 0. The van der Waals surface area contributed by atoms with Gasteiger partial charge in [-0.15, -0.1) is 0 Å². The Morgan fingerprint density at radius 2 is 1.55 bits per heavy atom. The zero-order valence-corrected chi connectivity index (χ0v) is 11.9. The van der Waals surface area contributed by atoms with Crippen LogP contribution in [0.3, 0.4) is 0 Å². The molecule has 0 fully saturated rings. The Hall–Kier alpha value is -1.58. The largest absolute Gasteiger partial charge is 0.457 e. The second kappa shape index (κ2) is 6.25. The number of aliphatic hydroxyl groups is 1. The highest BCUT2D eigenvalue weighted by Crippen LogP contribution is 2.28. The molecule has 2 aromatic carbocycles. The Balaban J connectivity index is 2.10. The number of hydrogen-bond acceptors (Lipinski definition) is 2. The van der Waals surface area contributed by atoms with Gasteiger partial charge in [0.2, 0.25) is 0 Å². The number of rotatable bonds is 5. The maximum atomic E-state index is 12.4. The van der Waals surface area contributed by atoms with E-state index < -0.39 is 12.3 Å². The average Bonchev–Trinajstić information content (AvgIpc) is 2.42. The van der Waals surface area contributed by atoms with Crippen molar-refractivity contribution < 1.29 is 14.2 Å². The SMILES string of the molecule is CC(O)(CCF)c1ccc(Oc2ccc(Cl)cc2)cc1. The standard InChI is InChI=1S/C16H16ClFO2/c1-16(19,10-11-18)12-2-6-14(7-3-12)20-15-8-4-13(17)5-9-15/h2-9,19H,10-11H2,1H3. The van der Waals surface area contributed by atoms with Crippen molar-refractivity contribution >= 4 is 11.6 Å². The molecule has 20 heavy (non-hydrogen) atoms. The Bertz CT molecular complexity index is 550. The third kappa shape index (κ3) is 3.71. The van der Waals surface area contributed by atoms with Crippen molar-refractivity contribution in [2.45, 2.75) is 18.9 Å². The molecule has 0 aromatic heterocycles. The molecule has 0 spiro atoms. The molecule has 0 bridgehead atoms. The van der Waals surface area contributed by atoms with Crippen LogP contribution in [0.2, 0.25) is 5.02 Å². The molecule has 0 saturated heterocycles. The van der Waals surface area contributed by atoms with Gasteiger partial charge in [0.05, 0.1) is 12.3 Å². The van der Waals surface area contributed by atoms with Crippen molar-refractivity contribution in [1.82, 2.24) is 0 Å². The third-order valence-corrected chi connectivity index (χ3v) is 3.36. The maximum Gasteiger partial charge on any atom is 0.127 e. The molecule has 0 aliphatic carbocycles. The fourth-order valence-electron chi connectivity index (χ4n) is 1.85. The quantitative estimate of drug-likeness (QED) is 0.866. The summed E-state index contributed by atoms with van der Waals surface area (Å²) in [6.07, 6.45) is 0.0738.